The minimum Gasteiger partial charge on any atom is -0.497 e. The zero-order valence-corrected chi connectivity index (χ0v) is 11.8. The van der Waals surface area contributed by atoms with Gasteiger partial charge in [-0.3, -0.25) is 0 Å². The van der Waals surface area contributed by atoms with Crippen molar-refractivity contribution in [2.24, 2.45) is 5.73 Å². The molecule has 2 nitrogen and oxygen atoms in total. The van der Waals surface area contributed by atoms with Gasteiger partial charge in [-0.15, -0.1) is 11.8 Å². The number of hydrogen-bond donors (Lipinski definition) is 1. The molecule has 2 rings (SSSR count). The molecule has 2 aromatic rings. The van der Waals surface area contributed by atoms with Crippen molar-refractivity contribution in [2.75, 3.05) is 12.9 Å². The Bertz CT molecular complexity index is 575. The van der Waals surface area contributed by atoms with Crippen molar-refractivity contribution in [3.8, 4) is 5.75 Å². The Labute approximate surface area is 120 Å². The van der Waals surface area contributed by atoms with Gasteiger partial charge in [0.05, 0.1) is 7.11 Å². The number of benzene rings is 2. The molecule has 0 spiro atoms. The van der Waals surface area contributed by atoms with Gasteiger partial charge in [-0.1, -0.05) is 0 Å². The summed E-state index contributed by atoms with van der Waals surface area (Å²) in [7, 11) is 1.60. The van der Waals surface area contributed by atoms with Gasteiger partial charge >= 0.3 is 0 Å². The van der Waals surface area contributed by atoms with Gasteiger partial charge in [0, 0.05) is 22.3 Å². The van der Waals surface area contributed by atoms with Crippen molar-refractivity contribution in [2.45, 2.75) is 10.9 Å². The van der Waals surface area contributed by atoms with E-state index >= 15 is 0 Å². The molecule has 0 amide bonds. The van der Waals surface area contributed by atoms with E-state index < -0.39 is 17.7 Å². The van der Waals surface area contributed by atoms with Gasteiger partial charge in [0.2, 0.25) is 0 Å². The quantitative estimate of drug-likeness (QED) is 0.853. The van der Waals surface area contributed by atoms with Gasteiger partial charge in [0.1, 0.15) is 17.4 Å². The summed E-state index contributed by atoms with van der Waals surface area (Å²) in [5.74, 6) is 0.280. The molecule has 5 heteroatoms. The summed E-state index contributed by atoms with van der Waals surface area (Å²) in [6.45, 7) is 0. The molecule has 0 heterocycles. The third-order valence-electron chi connectivity index (χ3n) is 2.85. The van der Waals surface area contributed by atoms with Crippen LogP contribution in [0.4, 0.5) is 8.78 Å². The van der Waals surface area contributed by atoms with E-state index in [1.54, 1.807) is 7.11 Å². The first-order valence-corrected chi connectivity index (χ1v) is 7.06. The normalized spacial score (nSPS) is 12.2. The van der Waals surface area contributed by atoms with Crippen molar-refractivity contribution in [3.63, 3.8) is 0 Å². The zero-order chi connectivity index (χ0) is 14.5. The topological polar surface area (TPSA) is 35.2 Å². The molecular formula is C15H15F2NOS. The summed E-state index contributed by atoms with van der Waals surface area (Å²) in [6.07, 6.45) is 0. The minimum absolute atomic E-state index is 0.200. The highest BCUT2D eigenvalue weighted by Gasteiger charge is 2.13. The maximum atomic E-state index is 13.6. The Morgan fingerprint density at radius 1 is 1.15 bits per heavy atom. The number of hydrogen-bond acceptors (Lipinski definition) is 3. The number of rotatable bonds is 5. The van der Waals surface area contributed by atoms with E-state index in [1.165, 1.54) is 11.8 Å². The first kappa shape index (κ1) is 14.8. The highest BCUT2D eigenvalue weighted by Crippen LogP contribution is 2.26. The predicted octanol–water partition coefficient (Wildman–Crippen LogP) is 3.77. The van der Waals surface area contributed by atoms with Crippen LogP contribution >= 0.6 is 11.8 Å². The largest absolute Gasteiger partial charge is 0.497 e. The van der Waals surface area contributed by atoms with Crippen LogP contribution in [0.5, 0.6) is 5.75 Å². The van der Waals surface area contributed by atoms with Gasteiger partial charge in [0.15, 0.2) is 0 Å². The molecule has 20 heavy (non-hydrogen) atoms. The SMILES string of the molecule is COc1ccc(SCC(N)c2cc(F)ccc2F)cc1. The van der Waals surface area contributed by atoms with Gasteiger partial charge < -0.3 is 10.5 Å². The summed E-state index contributed by atoms with van der Waals surface area (Å²) in [5.41, 5.74) is 6.12. The van der Waals surface area contributed by atoms with Crippen LogP contribution in [0, 0.1) is 11.6 Å². The molecule has 0 fully saturated rings. The molecule has 0 radical (unpaired) electrons. The molecule has 2 N–H and O–H groups in total. The maximum Gasteiger partial charge on any atom is 0.128 e. The average Bonchev–Trinajstić information content (AvgIpc) is 2.47. The number of ether oxygens (including phenoxy) is 1. The lowest BCUT2D eigenvalue weighted by molar-refractivity contribution is 0.414. The van der Waals surface area contributed by atoms with Crippen molar-refractivity contribution in [1.82, 2.24) is 0 Å². The smallest absolute Gasteiger partial charge is 0.128 e. The number of nitrogens with two attached hydrogens (primary N) is 1. The summed E-state index contributed by atoms with van der Waals surface area (Å²) in [5, 5.41) is 0. The fourth-order valence-electron chi connectivity index (χ4n) is 1.75. The molecule has 0 aliphatic carbocycles. The van der Waals surface area contributed by atoms with E-state index in [2.05, 4.69) is 0 Å². The number of methoxy groups -OCH3 is 1. The van der Waals surface area contributed by atoms with Gasteiger partial charge in [-0.05, 0) is 42.5 Å². The summed E-state index contributed by atoms with van der Waals surface area (Å²) < 4.78 is 31.8. The second-order valence-corrected chi connectivity index (χ2v) is 5.35. The Hall–Kier alpha value is -1.59. The third-order valence-corrected chi connectivity index (χ3v) is 3.98. The Kier molecular flexibility index (Phi) is 4.98. The fraction of sp³-hybridized carbons (Fsp3) is 0.200. The van der Waals surface area contributed by atoms with Crippen LogP contribution in [0.15, 0.2) is 47.4 Å². The molecule has 0 aliphatic rings. The Morgan fingerprint density at radius 3 is 2.50 bits per heavy atom. The maximum absolute atomic E-state index is 13.6. The van der Waals surface area contributed by atoms with Gasteiger partial charge in [-0.25, -0.2) is 8.78 Å². The number of thioether (sulfide) groups is 1. The highest BCUT2D eigenvalue weighted by molar-refractivity contribution is 7.99. The van der Waals surface area contributed by atoms with E-state index in [0.29, 0.717) is 5.75 Å². The minimum atomic E-state index is -0.558. The summed E-state index contributed by atoms with van der Waals surface area (Å²) in [4.78, 5) is 0.998. The zero-order valence-electron chi connectivity index (χ0n) is 11.0. The van der Waals surface area contributed by atoms with Gasteiger partial charge in [-0.2, -0.15) is 0 Å². The first-order chi connectivity index (χ1) is 9.60. The summed E-state index contributed by atoms with van der Waals surface area (Å²) in [6, 6.07) is 10.3. The first-order valence-electron chi connectivity index (χ1n) is 6.07. The Morgan fingerprint density at radius 2 is 1.85 bits per heavy atom. The van der Waals surface area contributed by atoms with Crippen LogP contribution in [0.25, 0.3) is 0 Å². The molecular weight excluding hydrogens is 280 g/mol. The van der Waals surface area contributed by atoms with Crippen LogP contribution < -0.4 is 10.5 Å². The molecule has 0 saturated heterocycles. The lowest BCUT2D eigenvalue weighted by Crippen LogP contribution is -2.15. The van der Waals surface area contributed by atoms with Gasteiger partial charge in [0.25, 0.3) is 0 Å². The van der Waals surface area contributed by atoms with Crippen LogP contribution in [-0.4, -0.2) is 12.9 Å². The van der Waals surface area contributed by atoms with E-state index in [0.717, 1.165) is 28.8 Å². The predicted molar refractivity (Wildman–Crippen MR) is 77.0 cm³/mol. The molecule has 0 aliphatic heterocycles. The highest BCUT2D eigenvalue weighted by atomic mass is 32.2. The molecule has 2 aromatic carbocycles. The van der Waals surface area contributed by atoms with E-state index in [1.807, 2.05) is 24.3 Å². The molecule has 106 valence electrons. The Balaban J connectivity index is 2.00. The molecule has 0 aromatic heterocycles. The second-order valence-electron chi connectivity index (χ2n) is 4.26. The molecule has 1 atom stereocenters. The van der Waals surface area contributed by atoms with Crippen LogP contribution in [0.3, 0.4) is 0 Å². The molecule has 0 bridgehead atoms. The lowest BCUT2D eigenvalue weighted by Gasteiger charge is -2.13. The monoisotopic (exact) mass is 295 g/mol. The third kappa shape index (κ3) is 3.71. The fourth-order valence-corrected chi connectivity index (χ4v) is 2.63. The average molecular weight is 295 g/mol. The molecule has 1 unspecified atom stereocenters. The van der Waals surface area contributed by atoms with Crippen molar-refractivity contribution in [3.05, 3.63) is 59.7 Å². The van der Waals surface area contributed by atoms with E-state index in [9.17, 15) is 8.78 Å². The van der Waals surface area contributed by atoms with E-state index in [-0.39, 0.29) is 5.56 Å². The second kappa shape index (κ2) is 6.72. The standard InChI is InChI=1S/C15H15F2NOS/c1-19-11-3-5-12(6-4-11)20-9-15(18)13-8-10(16)2-7-14(13)17/h2-8,15H,9,18H2,1H3. The van der Waals surface area contributed by atoms with Crippen molar-refractivity contribution in [1.29, 1.82) is 0 Å². The van der Waals surface area contributed by atoms with Crippen LogP contribution in [0.1, 0.15) is 11.6 Å². The lowest BCUT2D eigenvalue weighted by atomic mass is 10.1. The molecule has 0 saturated carbocycles. The van der Waals surface area contributed by atoms with Crippen molar-refractivity contribution < 1.29 is 13.5 Å². The van der Waals surface area contributed by atoms with Crippen LogP contribution in [0.2, 0.25) is 0 Å². The summed E-state index contributed by atoms with van der Waals surface area (Å²) >= 11 is 1.49. The number of halogens is 2. The van der Waals surface area contributed by atoms with Crippen molar-refractivity contribution >= 4 is 11.8 Å². The van der Waals surface area contributed by atoms with Crippen LogP contribution in [-0.2, 0) is 0 Å². The van der Waals surface area contributed by atoms with E-state index in [4.69, 9.17) is 10.5 Å².